The number of morpholine rings is 1. The molecule has 1 aromatic heterocycles. The van der Waals surface area contributed by atoms with Gasteiger partial charge in [-0.3, -0.25) is 9.59 Å². The number of carbonyl (C=O) groups is 1. The molecule has 1 amide bonds. The minimum absolute atomic E-state index is 0.0386. The van der Waals surface area contributed by atoms with Gasteiger partial charge < -0.3 is 9.64 Å². The summed E-state index contributed by atoms with van der Waals surface area (Å²) in [6.45, 7) is 1.04. The maximum Gasteiger partial charge on any atom is 0.275 e. The Hall–Kier alpha value is -2.99. The van der Waals surface area contributed by atoms with E-state index < -0.39 is 0 Å². The molecule has 2 atom stereocenters. The number of aryl methyl sites for hydroxylation is 1. The lowest BCUT2D eigenvalue weighted by Crippen LogP contribution is -2.48. The van der Waals surface area contributed by atoms with E-state index in [9.17, 15) is 9.59 Å². The Kier molecular flexibility index (Phi) is 4.43. The van der Waals surface area contributed by atoms with Crippen molar-refractivity contribution in [3.8, 4) is 0 Å². The van der Waals surface area contributed by atoms with Crippen LogP contribution in [-0.4, -0.2) is 39.8 Å². The predicted octanol–water partition coefficient (Wildman–Crippen LogP) is 2.93. The molecule has 1 aliphatic carbocycles. The van der Waals surface area contributed by atoms with E-state index in [0.29, 0.717) is 35.5 Å². The molecule has 1 aliphatic heterocycles. The van der Waals surface area contributed by atoms with Crippen molar-refractivity contribution in [2.75, 3.05) is 13.1 Å². The number of nitrogens with zero attached hydrogens (tertiary/aromatic N) is 3. The van der Waals surface area contributed by atoms with Crippen molar-refractivity contribution in [3.63, 3.8) is 0 Å². The average Bonchev–Trinajstić information content (AvgIpc) is 3.62. The fourth-order valence-corrected chi connectivity index (χ4v) is 4.14. The number of benzene rings is 2. The Morgan fingerprint density at radius 3 is 2.41 bits per heavy atom. The van der Waals surface area contributed by atoms with Crippen molar-refractivity contribution < 1.29 is 9.53 Å². The van der Waals surface area contributed by atoms with Crippen molar-refractivity contribution in [2.24, 2.45) is 13.0 Å². The summed E-state index contributed by atoms with van der Waals surface area (Å²) in [6.07, 6.45) is 2.18. The van der Waals surface area contributed by atoms with E-state index in [1.807, 2.05) is 41.3 Å². The summed E-state index contributed by atoms with van der Waals surface area (Å²) in [6, 6.07) is 17.2. The second kappa shape index (κ2) is 7.12. The predicted molar refractivity (Wildman–Crippen MR) is 110 cm³/mol. The fourth-order valence-electron chi connectivity index (χ4n) is 4.14. The third-order valence-electron chi connectivity index (χ3n) is 5.89. The first kappa shape index (κ1) is 18.1. The van der Waals surface area contributed by atoms with Crippen LogP contribution in [0.1, 0.15) is 35.0 Å². The van der Waals surface area contributed by atoms with E-state index in [1.165, 1.54) is 4.68 Å². The lowest BCUT2D eigenvalue weighted by Gasteiger charge is -2.38. The third-order valence-corrected chi connectivity index (χ3v) is 5.89. The summed E-state index contributed by atoms with van der Waals surface area (Å²) in [5, 5.41) is 5.45. The van der Waals surface area contributed by atoms with Crippen LogP contribution >= 0.6 is 0 Å². The number of aromatic nitrogens is 2. The molecule has 0 spiro atoms. The molecule has 3 aromatic rings. The normalized spacial score (nSPS) is 22.0. The van der Waals surface area contributed by atoms with Crippen LogP contribution in [0.4, 0.5) is 0 Å². The Bertz CT molecular complexity index is 1120. The molecule has 29 heavy (non-hydrogen) atoms. The first-order valence-electron chi connectivity index (χ1n) is 10.1. The molecule has 2 aromatic carbocycles. The summed E-state index contributed by atoms with van der Waals surface area (Å²) < 4.78 is 7.63. The number of hydrogen-bond acceptors (Lipinski definition) is 4. The molecule has 1 saturated carbocycles. The van der Waals surface area contributed by atoms with Crippen LogP contribution in [0.25, 0.3) is 10.8 Å². The highest BCUT2D eigenvalue weighted by Crippen LogP contribution is 2.39. The maximum atomic E-state index is 13.5. The van der Waals surface area contributed by atoms with Crippen LogP contribution in [0, 0.1) is 5.92 Å². The Morgan fingerprint density at radius 1 is 1.00 bits per heavy atom. The molecule has 5 rings (SSSR count). The SMILES string of the molecule is Cn1nc(C(=O)N2C[C@@H](c3ccccc3)O[C@@H](C3CC3)C2)c2ccccc2c1=O. The number of hydrogen-bond donors (Lipinski definition) is 0. The number of ether oxygens (including phenoxy) is 1. The Balaban J connectivity index is 1.52. The maximum absolute atomic E-state index is 13.5. The van der Waals surface area contributed by atoms with E-state index in [4.69, 9.17) is 4.74 Å². The van der Waals surface area contributed by atoms with Gasteiger partial charge in [0.2, 0.25) is 0 Å². The number of fused-ring (bicyclic) bond motifs is 1. The zero-order valence-electron chi connectivity index (χ0n) is 16.3. The summed E-state index contributed by atoms with van der Waals surface area (Å²) in [7, 11) is 1.59. The van der Waals surface area contributed by atoms with E-state index in [0.717, 1.165) is 18.4 Å². The van der Waals surface area contributed by atoms with Gasteiger partial charge >= 0.3 is 0 Å². The second-order valence-electron chi connectivity index (χ2n) is 7.94. The average molecular weight is 389 g/mol. The molecule has 0 N–H and O–H groups in total. The van der Waals surface area contributed by atoms with Gasteiger partial charge in [-0.25, -0.2) is 4.68 Å². The van der Waals surface area contributed by atoms with Gasteiger partial charge in [-0.1, -0.05) is 48.5 Å². The van der Waals surface area contributed by atoms with Gasteiger partial charge in [0.05, 0.1) is 18.0 Å². The minimum Gasteiger partial charge on any atom is -0.366 e. The molecule has 6 nitrogen and oxygen atoms in total. The molecule has 2 aliphatic rings. The molecule has 148 valence electrons. The first-order valence-corrected chi connectivity index (χ1v) is 10.1. The van der Waals surface area contributed by atoms with Crippen molar-refractivity contribution in [1.29, 1.82) is 0 Å². The summed E-state index contributed by atoms with van der Waals surface area (Å²) in [4.78, 5) is 27.8. The molecule has 6 heteroatoms. The molecule has 2 fully saturated rings. The molecule has 0 bridgehead atoms. The van der Waals surface area contributed by atoms with Crippen LogP contribution in [0.3, 0.4) is 0 Å². The second-order valence-corrected chi connectivity index (χ2v) is 7.94. The number of carbonyl (C=O) groups excluding carboxylic acids is 1. The fraction of sp³-hybridized carbons (Fsp3) is 0.348. The van der Waals surface area contributed by atoms with Gasteiger partial charge in [0.15, 0.2) is 5.69 Å². The van der Waals surface area contributed by atoms with Crippen LogP contribution in [-0.2, 0) is 11.8 Å². The third kappa shape index (κ3) is 3.34. The van der Waals surface area contributed by atoms with Crippen molar-refractivity contribution in [2.45, 2.75) is 25.0 Å². The van der Waals surface area contributed by atoms with E-state index in [-0.39, 0.29) is 23.7 Å². The van der Waals surface area contributed by atoms with Gasteiger partial charge in [0.25, 0.3) is 11.5 Å². The zero-order chi connectivity index (χ0) is 20.0. The molecular weight excluding hydrogens is 366 g/mol. The first-order chi connectivity index (χ1) is 14.1. The highest BCUT2D eigenvalue weighted by molar-refractivity contribution is 6.04. The van der Waals surface area contributed by atoms with Crippen LogP contribution in [0.2, 0.25) is 0 Å². The summed E-state index contributed by atoms with van der Waals surface area (Å²) >= 11 is 0. The number of amides is 1. The minimum atomic E-state index is -0.197. The molecular formula is C23H23N3O3. The summed E-state index contributed by atoms with van der Waals surface area (Å²) in [5.41, 5.74) is 1.21. The molecule has 1 saturated heterocycles. The van der Waals surface area contributed by atoms with Crippen molar-refractivity contribution in [1.82, 2.24) is 14.7 Å². The van der Waals surface area contributed by atoms with Gasteiger partial charge in [-0.15, -0.1) is 0 Å². The quantitative estimate of drug-likeness (QED) is 0.691. The van der Waals surface area contributed by atoms with Gasteiger partial charge in [0.1, 0.15) is 6.10 Å². The molecule has 0 unspecified atom stereocenters. The highest BCUT2D eigenvalue weighted by atomic mass is 16.5. The van der Waals surface area contributed by atoms with Gasteiger partial charge in [-0.05, 0) is 30.4 Å². The van der Waals surface area contributed by atoms with Gasteiger partial charge in [-0.2, -0.15) is 5.10 Å². The summed E-state index contributed by atoms with van der Waals surface area (Å²) in [5.74, 6) is 0.369. The van der Waals surface area contributed by atoms with Crippen LogP contribution in [0.15, 0.2) is 59.4 Å². The van der Waals surface area contributed by atoms with Crippen molar-refractivity contribution >= 4 is 16.7 Å². The van der Waals surface area contributed by atoms with Crippen LogP contribution < -0.4 is 5.56 Å². The lowest BCUT2D eigenvalue weighted by atomic mass is 10.0. The smallest absolute Gasteiger partial charge is 0.275 e. The van der Waals surface area contributed by atoms with Crippen LogP contribution in [0.5, 0.6) is 0 Å². The van der Waals surface area contributed by atoms with Crippen molar-refractivity contribution in [3.05, 3.63) is 76.2 Å². The highest BCUT2D eigenvalue weighted by Gasteiger charge is 2.40. The Labute approximate surface area is 168 Å². The molecule has 2 heterocycles. The largest absolute Gasteiger partial charge is 0.366 e. The zero-order valence-corrected chi connectivity index (χ0v) is 16.3. The van der Waals surface area contributed by atoms with Gasteiger partial charge in [0, 0.05) is 19.0 Å². The topological polar surface area (TPSA) is 64.4 Å². The Morgan fingerprint density at radius 2 is 1.69 bits per heavy atom. The molecule has 0 radical (unpaired) electrons. The van der Waals surface area contributed by atoms with E-state index in [1.54, 1.807) is 25.2 Å². The monoisotopic (exact) mass is 389 g/mol. The standard InChI is InChI=1S/C23H23N3O3/c1-25-22(27)18-10-6-5-9-17(18)21(24-25)23(28)26-13-19(15-7-3-2-4-8-15)29-20(14-26)16-11-12-16/h2-10,16,19-20H,11-14H2,1H3/t19-,20+/m0/s1. The lowest BCUT2D eigenvalue weighted by molar-refractivity contribution is -0.0864. The van der Waals surface area contributed by atoms with E-state index in [2.05, 4.69) is 5.10 Å². The van der Waals surface area contributed by atoms with E-state index >= 15 is 0 Å². The number of rotatable bonds is 3.